The molecular weight excluding hydrogens is 314 g/mol. The molecule has 0 atom stereocenters. The molecule has 1 N–H and O–H groups in total. The van der Waals surface area contributed by atoms with Gasteiger partial charge in [0, 0.05) is 30.9 Å². The molecule has 4 rings (SSSR count). The molecule has 3 heterocycles. The summed E-state index contributed by atoms with van der Waals surface area (Å²) in [6.45, 7) is 5.28. The molecule has 0 amide bonds. The third-order valence-electron chi connectivity index (χ3n) is 4.55. The Balaban J connectivity index is 1.41. The van der Waals surface area contributed by atoms with Crippen LogP contribution in [0, 0.1) is 0 Å². The zero-order valence-corrected chi connectivity index (χ0v) is 14.2. The van der Waals surface area contributed by atoms with Gasteiger partial charge in [-0.25, -0.2) is 4.68 Å². The lowest BCUT2D eigenvalue weighted by Gasteiger charge is -2.37. The van der Waals surface area contributed by atoms with Gasteiger partial charge in [0.25, 0.3) is 0 Å². The molecule has 1 saturated heterocycles. The molecule has 1 aromatic carbocycles. The van der Waals surface area contributed by atoms with Crippen LogP contribution in [-0.4, -0.2) is 33.1 Å². The van der Waals surface area contributed by atoms with E-state index in [1.807, 2.05) is 53.5 Å². The average Bonchev–Trinajstić information content (AvgIpc) is 3.08. The first-order valence-electron chi connectivity index (χ1n) is 8.43. The summed E-state index contributed by atoms with van der Waals surface area (Å²) in [7, 11) is 0. The second kappa shape index (κ2) is 6.64. The molecular formula is C19H21N5O. The van der Waals surface area contributed by atoms with E-state index in [9.17, 15) is 0 Å². The van der Waals surface area contributed by atoms with Gasteiger partial charge < -0.3 is 10.1 Å². The van der Waals surface area contributed by atoms with Crippen LogP contribution in [0.2, 0.25) is 0 Å². The van der Waals surface area contributed by atoms with Crippen LogP contribution in [0.4, 0.5) is 0 Å². The zero-order valence-electron chi connectivity index (χ0n) is 14.2. The van der Waals surface area contributed by atoms with Crippen LogP contribution >= 0.6 is 0 Å². The Morgan fingerprint density at radius 3 is 2.76 bits per heavy atom. The Morgan fingerprint density at radius 2 is 2.00 bits per heavy atom. The van der Waals surface area contributed by atoms with Crippen molar-refractivity contribution in [1.29, 1.82) is 0 Å². The molecule has 128 valence electrons. The third-order valence-corrected chi connectivity index (χ3v) is 4.55. The molecule has 6 heteroatoms. The minimum absolute atomic E-state index is 0.108. The van der Waals surface area contributed by atoms with Crippen LogP contribution in [-0.2, 0) is 18.6 Å². The minimum atomic E-state index is 0.108. The van der Waals surface area contributed by atoms with Crippen LogP contribution in [0.15, 0.2) is 55.0 Å². The van der Waals surface area contributed by atoms with Crippen LogP contribution < -0.4 is 10.1 Å². The molecule has 0 aliphatic carbocycles. The number of hydrogen-bond acceptors (Lipinski definition) is 5. The van der Waals surface area contributed by atoms with Gasteiger partial charge in [0.05, 0.1) is 18.4 Å². The van der Waals surface area contributed by atoms with Crippen LogP contribution in [0.5, 0.6) is 5.75 Å². The molecule has 6 nitrogen and oxygen atoms in total. The van der Waals surface area contributed by atoms with Crippen molar-refractivity contribution in [2.45, 2.75) is 25.5 Å². The third kappa shape index (κ3) is 3.53. The second-order valence-electron chi connectivity index (χ2n) is 6.77. The van der Waals surface area contributed by atoms with Gasteiger partial charge in [-0.3, -0.25) is 4.98 Å². The number of ether oxygens (including phenoxy) is 1. The lowest BCUT2D eigenvalue weighted by Crippen LogP contribution is -2.54. The molecule has 0 bridgehead atoms. The monoisotopic (exact) mass is 335 g/mol. The lowest BCUT2D eigenvalue weighted by atomic mass is 9.81. The topological polar surface area (TPSA) is 64.9 Å². The number of benzene rings is 1. The smallest absolute Gasteiger partial charge is 0.138 e. The first kappa shape index (κ1) is 15.8. The minimum Gasteiger partial charge on any atom is -0.487 e. The lowest BCUT2D eigenvalue weighted by molar-refractivity contribution is 0.297. The van der Waals surface area contributed by atoms with Gasteiger partial charge >= 0.3 is 0 Å². The summed E-state index contributed by atoms with van der Waals surface area (Å²) in [5, 5.41) is 11.9. The maximum absolute atomic E-state index is 5.84. The van der Waals surface area contributed by atoms with E-state index in [-0.39, 0.29) is 5.41 Å². The Labute approximate surface area is 146 Å². The van der Waals surface area contributed by atoms with Gasteiger partial charge in [-0.1, -0.05) is 42.5 Å². The number of rotatable bonds is 6. The van der Waals surface area contributed by atoms with E-state index < -0.39 is 0 Å². The van der Waals surface area contributed by atoms with Crippen molar-refractivity contribution < 1.29 is 4.74 Å². The standard InChI is InChI=1S/C19H21N5O/c1-19(13-21-14-19)18-11-24(23-22-18)10-16-7-17(9-20-8-16)25-12-15-5-3-2-4-6-15/h2-9,11,21H,10,12-14H2,1H3. The Kier molecular flexibility index (Phi) is 4.19. The second-order valence-corrected chi connectivity index (χ2v) is 6.77. The first-order valence-corrected chi connectivity index (χ1v) is 8.43. The molecule has 1 fully saturated rings. The van der Waals surface area contributed by atoms with Gasteiger partial charge in [-0.05, 0) is 17.2 Å². The first-order chi connectivity index (χ1) is 12.2. The molecule has 1 aliphatic rings. The molecule has 0 unspecified atom stereocenters. The summed E-state index contributed by atoms with van der Waals surface area (Å²) in [6.07, 6.45) is 5.60. The van der Waals surface area contributed by atoms with Gasteiger partial charge in [0.15, 0.2) is 0 Å². The van der Waals surface area contributed by atoms with Crippen LogP contribution in [0.1, 0.15) is 23.7 Å². The number of pyridine rings is 1. The van der Waals surface area contributed by atoms with Crippen LogP contribution in [0.25, 0.3) is 0 Å². The highest BCUT2D eigenvalue weighted by Crippen LogP contribution is 2.25. The van der Waals surface area contributed by atoms with Gasteiger partial charge in [0.2, 0.25) is 0 Å². The summed E-state index contributed by atoms with van der Waals surface area (Å²) in [4.78, 5) is 4.28. The van der Waals surface area contributed by atoms with Gasteiger partial charge in [-0.15, -0.1) is 5.10 Å². The molecule has 2 aromatic heterocycles. The SMILES string of the molecule is CC1(c2cn(Cc3cncc(OCc4ccccc4)c3)nn2)CNC1. The fourth-order valence-electron chi connectivity index (χ4n) is 2.89. The molecule has 0 radical (unpaired) electrons. The molecule has 1 aliphatic heterocycles. The fourth-order valence-corrected chi connectivity index (χ4v) is 2.89. The normalized spacial score (nSPS) is 15.6. The predicted molar refractivity (Wildman–Crippen MR) is 94.4 cm³/mol. The molecule has 3 aromatic rings. The number of nitrogens with zero attached hydrogens (tertiary/aromatic N) is 4. The average molecular weight is 335 g/mol. The van der Waals surface area contributed by atoms with Crippen molar-refractivity contribution in [2.75, 3.05) is 13.1 Å². The van der Waals surface area contributed by atoms with Crippen molar-refractivity contribution in [1.82, 2.24) is 25.3 Å². The van der Waals surface area contributed by atoms with E-state index in [0.29, 0.717) is 13.2 Å². The predicted octanol–water partition coefficient (Wildman–Crippen LogP) is 2.16. The highest BCUT2D eigenvalue weighted by molar-refractivity contribution is 5.25. The maximum atomic E-state index is 5.84. The van der Waals surface area contributed by atoms with Crippen LogP contribution in [0.3, 0.4) is 0 Å². The Hall–Kier alpha value is -2.73. The number of hydrogen-bond donors (Lipinski definition) is 1. The summed E-state index contributed by atoms with van der Waals surface area (Å²) in [6, 6.07) is 12.1. The fraction of sp³-hybridized carbons (Fsp3) is 0.316. The number of aromatic nitrogens is 4. The Morgan fingerprint density at radius 1 is 1.16 bits per heavy atom. The van der Waals surface area contributed by atoms with Crippen molar-refractivity contribution in [3.63, 3.8) is 0 Å². The highest BCUT2D eigenvalue weighted by atomic mass is 16.5. The summed E-state index contributed by atoms with van der Waals surface area (Å²) in [5.41, 5.74) is 3.32. The zero-order chi connectivity index (χ0) is 17.1. The van der Waals surface area contributed by atoms with Crippen molar-refractivity contribution >= 4 is 0 Å². The van der Waals surface area contributed by atoms with Crippen molar-refractivity contribution in [3.05, 3.63) is 71.8 Å². The van der Waals surface area contributed by atoms with Gasteiger partial charge in [0.1, 0.15) is 12.4 Å². The molecule has 0 spiro atoms. The molecule has 0 saturated carbocycles. The number of nitrogens with one attached hydrogen (secondary N) is 1. The summed E-state index contributed by atoms with van der Waals surface area (Å²) in [5.74, 6) is 0.761. The highest BCUT2D eigenvalue weighted by Gasteiger charge is 2.36. The van der Waals surface area contributed by atoms with E-state index in [1.54, 1.807) is 6.20 Å². The Bertz CT molecular complexity index is 842. The quantitative estimate of drug-likeness (QED) is 0.748. The van der Waals surface area contributed by atoms with Crippen molar-refractivity contribution in [3.8, 4) is 5.75 Å². The van der Waals surface area contributed by atoms with E-state index in [0.717, 1.165) is 35.7 Å². The van der Waals surface area contributed by atoms with E-state index >= 15 is 0 Å². The maximum Gasteiger partial charge on any atom is 0.138 e. The van der Waals surface area contributed by atoms with Gasteiger partial charge in [-0.2, -0.15) is 0 Å². The molecule has 25 heavy (non-hydrogen) atoms. The van der Waals surface area contributed by atoms with E-state index in [1.165, 1.54) is 0 Å². The summed E-state index contributed by atoms with van der Waals surface area (Å²) >= 11 is 0. The van der Waals surface area contributed by atoms with Crippen molar-refractivity contribution in [2.24, 2.45) is 0 Å². The summed E-state index contributed by atoms with van der Waals surface area (Å²) < 4.78 is 7.70. The largest absolute Gasteiger partial charge is 0.487 e. The van der Waals surface area contributed by atoms with E-state index in [2.05, 4.69) is 27.5 Å². The van der Waals surface area contributed by atoms with E-state index in [4.69, 9.17) is 4.74 Å².